The van der Waals surface area contributed by atoms with Gasteiger partial charge in [-0.2, -0.15) is 0 Å². The fourth-order valence-electron chi connectivity index (χ4n) is 1.60. The van der Waals surface area contributed by atoms with Crippen molar-refractivity contribution in [3.63, 3.8) is 0 Å². The maximum Gasteiger partial charge on any atom is 0.148 e. The molecule has 1 heterocycles. The van der Waals surface area contributed by atoms with Crippen molar-refractivity contribution in [2.24, 2.45) is 0 Å². The summed E-state index contributed by atoms with van der Waals surface area (Å²) >= 11 is 6.97. The van der Waals surface area contributed by atoms with E-state index in [1.165, 1.54) is 0 Å². The highest BCUT2D eigenvalue weighted by Crippen LogP contribution is 2.30. The summed E-state index contributed by atoms with van der Waals surface area (Å²) in [7, 11) is 0. The van der Waals surface area contributed by atoms with Gasteiger partial charge in [0, 0.05) is 9.86 Å². The van der Waals surface area contributed by atoms with Gasteiger partial charge in [0.2, 0.25) is 0 Å². The summed E-state index contributed by atoms with van der Waals surface area (Å²) in [5, 5.41) is 4.45. The molecule has 4 heteroatoms. The van der Waals surface area contributed by atoms with Crippen molar-refractivity contribution in [2.75, 3.05) is 6.54 Å². The molecule has 0 saturated heterocycles. The van der Waals surface area contributed by atoms with Gasteiger partial charge in [-0.05, 0) is 47.1 Å². The number of rotatable bonds is 4. The molecule has 0 atom stereocenters. The number of nitrogens with one attached hydrogen (secondary N) is 1. The molecule has 16 heavy (non-hydrogen) atoms. The van der Waals surface area contributed by atoms with Crippen LogP contribution in [0.25, 0.3) is 11.0 Å². The number of halogens is 2. The third-order valence-corrected chi connectivity index (χ3v) is 3.36. The second-order valence-corrected chi connectivity index (χ2v) is 5.47. The summed E-state index contributed by atoms with van der Waals surface area (Å²) in [5.74, 6) is 0.974. The lowest BCUT2D eigenvalue weighted by Crippen LogP contribution is -2.12. The maximum absolute atomic E-state index is 5.77. The Morgan fingerprint density at radius 3 is 2.81 bits per heavy atom. The summed E-state index contributed by atoms with van der Waals surface area (Å²) in [6.45, 7) is 3.95. The van der Waals surface area contributed by atoms with E-state index in [4.69, 9.17) is 4.42 Å². The lowest BCUT2D eigenvalue weighted by atomic mass is 10.2. The molecule has 0 radical (unpaired) electrons. The molecule has 2 nitrogen and oxygen atoms in total. The molecule has 0 saturated carbocycles. The van der Waals surface area contributed by atoms with Crippen molar-refractivity contribution in [3.05, 3.63) is 32.9 Å². The van der Waals surface area contributed by atoms with Crippen LogP contribution in [0, 0.1) is 0 Å². The summed E-state index contributed by atoms with van der Waals surface area (Å²) in [6, 6.07) is 6.13. The van der Waals surface area contributed by atoms with Crippen LogP contribution in [-0.2, 0) is 6.54 Å². The van der Waals surface area contributed by atoms with Gasteiger partial charge in [0.25, 0.3) is 0 Å². The minimum absolute atomic E-state index is 0.784. The molecule has 1 aromatic carbocycles. The van der Waals surface area contributed by atoms with Gasteiger partial charge >= 0.3 is 0 Å². The molecule has 2 rings (SSSR count). The Labute approximate surface area is 112 Å². The van der Waals surface area contributed by atoms with Gasteiger partial charge in [-0.1, -0.05) is 22.9 Å². The minimum Gasteiger partial charge on any atom is -0.459 e. The Bertz CT molecular complexity index is 493. The van der Waals surface area contributed by atoms with Crippen LogP contribution >= 0.6 is 31.9 Å². The molecule has 0 aliphatic heterocycles. The molecule has 0 aliphatic carbocycles. The van der Waals surface area contributed by atoms with E-state index < -0.39 is 0 Å². The largest absolute Gasteiger partial charge is 0.459 e. The highest BCUT2D eigenvalue weighted by molar-refractivity contribution is 9.11. The van der Waals surface area contributed by atoms with Gasteiger partial charge in [-0.25, -0.2) is 0 Å². The molecule has 0 spiro atoms. The van der Waals surface area contributed by atoms with Gasteiger partial charge in [-0.3, -0.25) is 0 Å². The minimum atomic E-state index is 0.784. The second-order valence-electron chi connectivity index (χ2n) is 3.70. The average Bonchev–Trinajstić information content (AvgIpc) is 2.61. The van der Waals surface area contributed by atoms with Gasteiger partial charge in [0.05, 0.1) is 11.0 Å². The Hall–Kier alpha value is -0.320. The molecule has 0 aliphatic rings. The first-order valence-corrected chi connectivity index (χ1v) is 6.87. The number of benzene rings is 1. The van der Waals surface area contributed by atoms with Crippen molar-refractivity contribution >= 4 is 42.8 Å². The fraction of sp³-hybridized carbons (Fsp3) is 0.333. The average molecular weight is 347 g/mol. The van der Waals surface area contributed by atoms with Gasteiger partial charge < -0.3 is 9.73 Å². The van der Waals surface area contributed by atoms with Gasteiger partial charge in [0.1, 0.15) is 11.3 Å². The predicted molar refractivity (Wildman–Crippen MR) is 73.6 cm³/mol. The SMILES string of the molecule is CCCNCc1cc2cc(Br)cc(Br)c2o1. The molecule has 0 unspecified atom stereocenters. The van der Waals surface area contributed by atoms with Crippen LogP contribution in [0.15, 0.2) is 31.6 Å². The first kappa shape index (κ1) is 12.1. The van der Waals surface area contributed by atoms with E-state index in [2.05, 4.69) is 56.2 Å². The second kappa shape index (κ2) is 5.34. The van der Waals surface area contributed by atoms with E-state index in [1.807, 2.05) is 6.07 Å². The third-order valence-electron chi connectivity index (χ3n) is 2.31. The Kier molecular flexibility index (Phi) is 4.05. The zero-order valence-electron chi connectivity index (χ0n) is 9.02. The van der Waals surface area contributed by atoms with Crippen molar-refractivity contribution < 1.29 is 4.42 Å². The highest BCUT2D eigenvalue weighted by Gasteiger charge is 2.07. The van der Waals surface area contributed by atoms with E-state index in [0.717, 1.165) is 45.2 Å². The summed E-state index contributed by atoms with van der Waals surface area (Å²) < 4.78 is 7.81. The molecular formula is C12H13Br2NO. The standard InChI is InChI=1S/C12H13Br2NO/c1-2-3-15-7-10-5-8-4-9(13)6-11(14)12(8)16-10/h4-6,15H,2-3,7H2,1H3. The van der Waals surface area contributed by atoms with Crippen molar-refractivity contribution in [1.82, 2.24) is 5.32 Å². The Morgan fingerprint density at radius 1 is 1.25 bits per heavy atom. The van der Waals surface area contributed by atoms with Crippen LogP contribution in [0.2, 0.25) is 0 Å². The normalized spacial score (nSPS) is 11.2. The van der Waals surface area contributed by atoms with Crippen LogP contribution in [0.3, 0.4) is 0 Å². The Morgan fingerprint density at radius 2 is 2.06 bits per heavy atom. The van der Waals surface area contributed by atoms with Crippen LogP contribution in [0.5, 0.6) is 0 Å². The third kappa shape index (κ3) is 2.67. The first-order valence-electron chi connectivity index (χ1n) is 5.29. The first-order chi connectivity index (χ1) is 7.70. The van der Waals surface area contributed by atoms with Crippen molar-refractivity contribution in [1.29, 1.82) is 0 Å². The fourth-order valence-corrected chi connectivity index (χ4v) is 2.94. The van der Waals surface area contributed by atoms with Crippen LogP contribution in [0.4, 0.5) is 0 Å². The lowest BCUT2D eigenvalue weighted by molar-refractivity contribution is 0.512. The number of furan rings is 1. The number of hydrogen-bond acceptors (Lipinski definition) is 2. The molecule has 2 aromatic rings. The monoisotopic (exact) mass is 345 g/mol. The topological polar surface area (TPSA) is 25.2 Å². The quantitative estimate of drug-likeness (QED) is 0.827. The van der Waals surface area contributed by atoms with Crippen molar-refractivity contribution in [3.8, 4) is 0 Å². The van der Waals surface area contributed by atoms with Crippen molar-refractivity contribution in [2.45, 2.75) is 19.9 Å². The number of fused-ring (bicyclic) bond motifs is 1. The molecule has 0 amide bonds. The molecule has 1 aromatic heterocycles. The maximum atomic E-state index is 5.77. The predicted octanol–water partition coefficient (Wildman–Crippen LogP) is 4.46. The van der Waals surface area contributed by atoms with Gasteiger partial charge in [0.15, 0.2) is 0 Å². The summed E-state index contributed by atoms with van der Waals surface area (Å²) in [4.78, 5) is 0. The van der Waals surface area contributed by atoms with Crippen LogP contribution in [-0.4, -0.2) is 6.54 Å². The molecule has 1 N–H and O–H groups in total. The van der Waals surface area contributed by atoms with E-state index in [0.29, 0.717) is 0 Å². The molecule has 0 bridgehead atoms. The van der Waals surface area contributed by atoms with Crippen LogP contribution in [0.1, 0.15) is 19.1 Å². The highest BCUT2D eigenvalue weighted by atomic mass is 79.9. The zero-order chi connectivity index (χ0) is 11.5. The molecule has 0 fully saturated rings. The van der Waals surface area contributed by atoms with Gasteiger partial charge in [-0.15, -0.1) is 0 Å². The summed E-state index contributed by atoms with van der Waals surface area (Å²) in [6.07, 6.45) is 1.13. The molecule has 86 valence electrons. The summed E-state index contributed by atoms with van der Waals surface area (Å²) in [5.41, 5.74) is 0.913. The van der Waals surface area contributed by atoms with Crippen LogP contribution < -0.4 is 5.32 Å². The number of hydrogen-bond donors (Lipinski definition) is 1. The van der Waals surface area contributed by atoms with E-state index in [1.54, 1.807) is 0 Å². The Balaban J connectivity index is 2.26. The van der Waals surface area contributed by atoms with E-state index in [-0.39, 0.29) is 0 Å². The molecular weight excluding hydrogens is 334 g/mol. The van der Waals surface area contributed by atoms with E-state index in [9.17, 15) is 0 Å². The smallest absolute Gasteiger partial charge is 0.148 e. The zero-order valence-corrected chi connectivity index (χ0v) is 12.2. The van der Waals surface area contributed by atoms with E-state index >= 15 is 0 Å². The lowest BCUT2D eigenvalue weighted by Gasteiger charge is -1.98.